The Morgan fingerprint density at radius 2 is 1.16 bits per heavy atom. The van der Waals surface area contributed by atoms with Crippen molar-refractivity contribution in [1.82, 2.24) is 15.0 Å². The summed E-state index contributed by atoms with van der Waals surface area (Å²) in [4.78, 5) is 13.5. The van der Waals surface area contributed by atoms with Crippen molar-refractivity contribution in [2.24, 2.45) is 0 Å². The standard InChI is InChI=1S/C28H45N3O/c1-3-5-7-9-11-12-13-15-17-21-32-27-23-30-28(31-24-27)25-19-20-26(29-22-25)18-16-14-10-8-6-4-2/h19-20,22-24H,3-18,21H2,1-2H3. The Hall–Kier alpha value is -1.97. The molecule has 4 heteroatoms. The Kier molecular flexibility index (Phi) is 14.4. The number of hydrogen-bond donors (Lipinski definition) is 0. The molecule has 0 aliphatic rings. The molecular formula is C28H45N3O. The number of aromatic nitrogens is 3. The minimum atomic E-state index is 0.707. The fraction of sp³-hybridized carbons (Fsp3) is 0.679. The van der Waals surface area contributed by atoms with Gasteiger partial charge in [0.05, 0.1) is 19.0 Å². The predicted molar refractivity (Wildman–Crippen MR) is 135 cm³/mol. The summed E-state index contributed by atoms with van der Waals surface area (Å²) in [5.74, 6) is 1.46. The second-order valence-electron chi connectivity index (χ2n) is 8.98. The molecule has 0 unspecified atom stereocenters. The van der Waals surface area contributed by atoms with Crippen molar-refractivity contribution in [2.75, 3.05) is 6.61 Å². The van der Waals surface area contributed by atoms with Gasteiger partial charge >= 0.3 is 0 Å². The molecule has 0 aliphatic heterocycles. The summed E-state index contributed by atoms with van der Waals surface area (Å²) < 4.78 is 5.81. The molecule has 0 spiro atoms. The molecule has 0 saturated heterocycles. The van der Waals surface area contributed by atoms with Crippen LogP contribution in [0.25, 0.3) is 11.4 Å². The lowest BCUT2D eigenvalue weighted by atomic mass is 10.1. The van der Waals surface area contributed by atoms with Crippen LogP contribution in [0.1, 0.15) is 116 Å². The number of unbranched alkanes of at least 4 members (excludes halogenated alkanes) is 13. The Balaban J connectivity index is 1.59. The summed E-state index contributed by atoms with van der Waals surface area (Å²) in [5, 5.41) is 0. The van der Waals surface area contributed by atoms with E-state index in [0.29, 0.717) is 5.82 Å². The monoisotopic (exact) mass is 439 g/mol. The normalized spacial score (nSPS) is 11.1. The largest absolute Gasteiger partial charge is 0.490 e. The minimum Gasteiger partial charge on any atom is -0.490 e. The summed E-state index contributed by atoms with van der Waals surface area (Å²) >= 11 is 0. The van der Waals surface area contributed by atoms with Crippen molar-refractivity contribution in [3.63, 3.8) is 0 Å². The molecule has 0 radical (unpaired) electrons. The van der Waals surface area contributed by atoms with Crippen LogP contribution in [-0.2, 0) is 6.42 Å². The number of ether oxygens (including phenoxy) is 1. The minimum absolute atomic E-state index is 0.707. The molecule has 32 heavy (non-hydrogen) atoms. The van der Waals surface area contributed by atoms with Crippen LogP contribution in [0.4, 0.5) is 0 Å². The maximum atomic E-state index is 5.81. The molecule has 2 aromatic rings. The van der Waals surface area contributed by atoms with Crippen LogP contribution >= 0.6 is 0 Å². The van der Waals surface area contributed by atoms with E-state index in [2.05, 4.69) is 40.9 Å². The van der Waals surface area contributed by atoms with Crippen LogP contribution in [0.15, 0.2) is 30.7 Å². The van der Waals surface area contributed by atoms with Crippen LogP contribution in [-0.4, -0.2) is 21.6 Å². The van der Waals surface area contributed by atoms with Gasteiger partial charge < -0.3 is 4.74 Å². The van der Waals surface area contributed by atoms with E-state index in [9.17, 15) is 0 Å². The number of nitrogens with zero attached hydrogens (tertiary/aromatic N) is 3. The van der Waals surface area contributed by atoms with Crippen molar-refractivity contribution < 1.29 is 4.74 Å². The first-order chi connectivity index (χ1) is 15.8. The van der Waals surface area contributed by atoms with E-state index in [1.165, 1.54) is 89.9 Å². The van der Waals surface area contributed by atoms with Gasteiger partial charge in [0.15, 0.2) is 11.6 Å². The molecule has 2 heterocycles. The molecule has 0 atom stereocenters. The van der Waals surface area contributed by atoms with Gasteiger partial charge in [0.25, 0.3) is 0 Å². The van der Waals surface area contributed by atoms with E-state index < -0.39 is 0 Å². The van der Waals surface area contributed by atoms with Crippen molar-refractivity contribution in [1.29, 1.82) is 0 Å². The highest BCUT2D eigenvalue weighted by atomic mass is 16.5. The lowest BCUT2D eigenvalue weighted by molar-refractivity contribution is 0.302. The first-order valence-electron chi connectivity index (χ1n) is 13.2. The van der Waals surface area contributed by atoms with Crippen LogP contribution in [0, 0.1) is 0 Å². The van der Waals surface area contributed by atoms with Crippen molar-refractivity contribution in [3.05, 3.63) is 36.4 Å². The van der Waals surface area contributed by atoms with Gasteiger partial charge in [0, 0.05) is 17.5 Å². The lowest BCUT2D eigenvalue weighted by Gasteiger charge is -2.07. The number of rotatable bonds is 19. The van der Waals surface area contributed by atoms with Crippen molar-refractivity contribution >= 4 is 0 Å². The van der Waals surface area contributed by atoms with Gasteiger partial charge in [-0.15, -0.1) is 0 Å². The van der Waals surface area contributed by atoms with E-state index in [-0.39, 0.29) is 0 Å². The molecule has 2 aromatic heterocycles. The van der Waals surface area contributed by atoms with Gasteiger partial charge in [-0.1, -0.05) is 97.3 Å². The van der Waals surface area contributed by atoms with Crippen molar-refractivity contribution in [3.8, 4) is 17.1 Å². The van der Waals surface area contributed by atoms with Gasteiger partial charge in [-0.25, -0.2) is 9.97 Å². The SMILES string of the molecule is CCCCCCCCCCCOc1cnc(-c2ccc(CCCCCCCC)nc2)nc1. The zero-order chi connectivity index (χ0) is 22.7. The van der Waals surface area contributed by atoms with Gasteiger partial charge in [0.1, 0.15) is 0 Å². The average molecular weight is 440 g/mol. The lowest BCUT2D eigenvalue weighted by Crippen LogP contribution is -1.99. The molecule has 0 aromatic carbocycles. The molecule has 0 aliphatic carbocycles. The third kappa shape index (κ3) is 11.6. The number of pyridine rings is 1. The predicted octanol–water partition coefficient (Wildman–Crippen LogP) is 8.35. The quantitative estimate of drug-likeness (QED) is 0.206. The molecule has 0 amide bonds. The first-order valence-corrected chi connectivity index (χ1v) is 13.2. The van der Waals surface area contributed by atoms with Gasteiger partial charge in [-0.05, 0) is 31.4 Å². The Labute approximate surface area is 196 Å². The van der Waals surface area contributed by atoms with Crippen LogP contribution in [0.5, 0.6) is 5.75 Å². The molecular weight excluding hydrogens is 394 g/mol. The third-order valence-electron chi connectivity index (χ3n) is 6.01. The number of aryl methyl sites for hydroxylation is 1. The van der Waals surface area contributed by atoms with Crippen molar-refractivity contribution in [2.45, 2.75) is 117 Å². The average Bonchev–Trinajstić information content (AvgIpc) is 2.83. The summed E-state index contributed by atoms with van der Waals surface area (Å²) in [7, 11) is 0. The highest BCUT2D eigenvalue weighted by molar-refractivity contribution is 5.53. The molecule has 178 valence electrons. The van der Waals surface area contributed by atoms with E-state index >= 15 is 0 Å². The molecule has 4 nitrogen and oxygen atoms in total. The van der Waals surface area contributed by atoms with Crippen LogP contribution in [0.2, 0.25) is 0 Å². The van der Waals surface area contributed by atoms with E-state index in [1.807, 2.05) is 6.20 Å². The zero-order valence-electron chi connectivity index (χ0n) is 20.7. The highest BCUT2D eigenvalue weighted by Crippen LogP contribution is 2.17. The summed E-state index contributed by atoms with van der Waals surface area (Å²) in [6.07, 6.45) is 26.3. The van der Waals surface area contributed by atoms with Crippen LogP contribution < -0.4 is 4.74 Å². The maximum Gasteiger partial charge on any atom is 0.160 e. The fourth-order valence-corrected chi connectivity index (χ4v) is 3.93. The van der Waals surface area contributed by atoms with E-state index in [4.69, 9.17) is 4.74 Å². The molecule has 0 fully saturated rings. The first kappa shape index (κ1) is 26.3. The maximum absolute atomic E-state index is 5.81. The summed E-state index contributed by atoms with van der Waals surface area (Å²) in [5.41, 5.74) is 2.12. The van der Waals surface area contributed by atoms with Crippen LogP contribution in [0.3, 0.4) is 0 Å². The second-order valence-corrected chi connectivity index (χ2v) is 8.98. The van der Waals surface area contributed by atoms with Gasteiger partial charge in [-0.3, -0.25) is 4.98 Å². The fourth-order valence-electron chi connectivity index (χ4n) is 3.93. The number of hydrogen-bond acceptors (Lipinski definition) is 4. The summed E-state index contributed by atoms with van der Waals surface area (Å²) in [6.45, 7) is 5.27. The Morgan fingerprint density at radius 1 is 0.594 bits per heavy atom. The third-order valence-corrected chi connectivity index (χ3v) is 6.01. The highest BCUT2D eigenvalue weighted by Gasteiger charge is 2.04. The summed E-state index contributed by atoms with van der Waals surface area (Å²) in [6, 6.07) is 4.19. The Bertz CT molecular complexity index is 685. The zero-order valence-corrected chi connectivity index (χ0v) is 20.7. The van der Waals surface area contributed by atoms with Gasteiger partial charge in [-0.2, -0.15) is 0 Å². The molecule has 2 rings (SSSR count). The van der Waals surface area contributed by atoms with E-state index in [1.54, 1.807) is 12.4 Å². The smallest absolute Gasteiger partial charge is 0.160 e. The Morgan fingerprint density at radius 3 is 1.72 bits per heavy atom. The second kappa shape index (κ2) is 17.6. The topological polar surface area (TPSA) is 47.9 Å². The molecule has 0 saturated carbocycles. The van der Waals surface area contributed by atoms with Gasteiger partial charge in [0.2, 0.25) is 0 Å². The van der Waals surface area contributed by atoms with E-state index in [0.717, 1.165) is 36.5 Å². The molecule has 0 N–H and O–H groups in total. The molecule has 0 bridgehead atoms.